The number of hydrogen-bond acceptors (Lipinski definition) is 5. The summed E-state index contributed by atoms with van der Waals surface area (Å²) in [5.74, 6) is 0. The average Bonchev–Trinajstić information content (AvgIpc) is 2.60. The van der Waals surface area contributed by atoms with Crippen LogP contribution in [0.1, 0.15) is 12.6 Å². The SMILES string of the molecule is O=c1ccn(C2CC(O)C(C(O)I)O2)c(=O)[nH]1. The van der Waals surface area contributed by atoms with Crippen molar-refractivity contribution in [2.24, 2.45) is 0 Å². The van der Waals surface area contributed by atoms with Gasteiger partial charge in [0.2, 0.25) is 0 Å². The van der Waals surface area contributed by atoms with E-state index in [0.29, 0.717) is 0 Å². The molecule has 17 heavy (non-hydrogen) atoms. The summed E-state index contributed by atoms with van der Waals surface area (Å²) in [5.41, 5.74) is -1.09. The van der Waals surface area contributed by atoms with Crippen molar-refractivity contribution in [3.8, 4) is 0 Å². The highest BCUT2D eigenvalue weighted by Gasteiger charge is 2.38. The maximum atomic E-state index is 11.5. The monoisotopic (exact) mass is 354 g/mol. The van der Waals surface area contributed by atoms with Crippen molar-refractivity contribution in [3.05, 3.63) is 33.1 Å². The minimum atomic E-state index is -0.855. The molecule has 4 atom stereocenters. The summed E-state index contributed by atoms with van der Waals surface area (Å²) >= 11 is 1.73. The fourth-order valence-electron chi connectivity index (χ4n) is 1.75. The predicted octanol–water partition coefficient (Wildman–Crippen LogP) is -1.06. The lowest BCUT2D eigenvalue weighted by Gasteiger charge is -2.16. The summed E-state index contributed by atoms with van der Waals surface area (Å²) in [6.07, 6.45) is -0.758. The lowest BCUT2D eigenvalue weighted by atomic mass is 10.2. The van der Waals surface area contributed by atoms with Gasteiger partial charge in [0.05, 0.1) is 6.10 Å². The topological polar surface area (TPSA) is 105 Å². The second-order valence-electron chi connectivity index (χ2n) is 3.75. The van der Waals surface area contributed by atoms with Crippen LogP contribution in [-0.4, -0.2) is 36.1 Å². The molecule has 2 heterocycles. The van der Waals surface area contributed by atoms with Crippen molar-refractivity contribution < 1.29 is 14.9 Å². The smallest absolute Gasteiger partial charge is 0.330 e. The molecule has 1 fully saturated rings. The van der Waals surface area contributed by atoms with Crippen LogP contribution < -0.4 is 11.2 Å². The molecule has 1 aromatic rings. The van der Waals surface area contributed by atoms with Gasteiger partial charge in [-0.25, -0.2) is 4.79 Å². The molecule has 1 saturated heterocycles. The summed E-state index contributed by atoms with van der Waals surface area (Å²) < 4.78 is 5.70. The van der Waals surface area contributed by atoms with Crippen LogP contribution in [0.4, 0.5) is 0 Å². The van der Waals surface area contributed by atoms with Crippen LogP contribution in [0.25, 0.3) is 0 Å². The van der Waals surface area contributed by atoms with Crippen molar-refractivity contribution in [2.75, 3.05) is 0 Å². The number of halogens is 1. The first-order valence-electron chi connectivity index (χ1n) is 4.96. The quantitative estimate of drug-likeness (QED) is 0.464. The third kappa shape index (κ3) is 2.59. The van der Waals surface area contributed by atoms with Crippen LogP contribution in [0.15, 0.2) is 21.9 Å². The van der Waals surface area contributed by atoms with Gasteiger partial charge in [-0.05, 0) is 22.6 Å². The van der Waals surface area contributed by atoms with Crippen LogP contribution in [0.3, 0.4) is 0 Å². The first-order chi connectivity index (χ1) is 7.99. The van der Waals surface area contributed by atoms with Crippen LogP contribution in [0.2, 0.25) is 0 Å². The molecule has 7 nitrogen and oxygen atoms in total. The van der Waals surface area contributed by atoms with Crippen molar-refractivity contribution in [1.29, 1.82) is 0 Å². The maximum absolute atomic E-state index is 11.5. The molecule has 4 unspecified atom stereocenters. The van der Waals surface area contributed by atoms with E-state index in [-0.39, 0.29) is 6.42 Å². The number of aromatic nitrogens is 2. The van der Waals surface area contributed by atoms with Crippen molar-refractivity contribution in [2.45, 2.75) is 29.0 Å². The molecular weight excluding hydrogens is 343 g/mol. The molecule has 3 N–H and O–H groups in total. The number of aliphatic hydroxyl groups excluding tert-OH is 2. The Morgan fingerprint density at radius 2 is 2.29 bits per heavy atom. The minimum Gasteiger partial charge on any atom is -0.390 e. The molecule has 2 rings (SSSR count). The number of aliphatic hydroxyl groups is 2. The highest BCUT2D eigenvalue weighted by atomic mass is 127. The Hall–Kier alpha value is -0.710. The third-order valence-corrected chi connectivity index (χ3v) is 3.28. The van der Waals surface area contributed by atoms with Gasteiger partial charge in [-0.15, -0.1) is 0 Å². The van der Waals surface area contributed by atoms with Gasteiger partial charge in [0, 0.05) is 18.7 Å². The first kappa shape index (κ1) is 12.7. The Bertz CT molecular complexity index is 511. The highest BCUT2D eigenvalue weighted by molar-refractivity contribution is 14.1. The molecule has 8 heteroatoms. The second kappa shape index (κ2) is 4.88. The first-order valence-corrected chi connectivity index (χ1v) is 6.21. The Morgan fingerprint density at radius 3 is 2.82 bits per heavy atom. The van der Waals surface area contributed by atoms with Crippen molar-refractivity contribution in [3.63, 3.8) is 0 Å². The summed E-state index contributed by atoms with van der Waals surface area (Å²) in [4.78, 5) is 24.5. The van der Waals surface area contributed by atoms with E-state index in [1.54, 1.807) is 22.6 Å². The summed E-state index contributed by atoms with van der Waals surface area (Å²) in [7, 11) is 0. The fraction of sp³-hybridized carbons (Fsp3) is 0.556. The van der Waals surface area contributed by atoms with E-state index in [1.807, 2.05) is 0 Å². The van der Waals surface area contributed by atoms with E-state index < -0.39 is 33.8 Å². The van der Waals surface area contributed by atoms with Gasteiger partial charge in [0.15, 0.2) is 0 Å². The van der Waals surface area contributed by atoms with Crippen LogP contribution in [0.5, 0.6) is 0 Å². The molecule has 1 aromatic heterocycles. The van der Waals surface area contributed by atoms with Crippen LogP contribution in [-0.2, 0) is 4.74 Å². The molecule has 0 spiro atoms. The Balaban J connectivity index is 2.26. The molecule has 0 saturated carbocycles. The third-order valence-electron chi connectivity index (χ3n) is 2.57. The number of hydrogen-bond donors (Lipinski definition) is 3. The highest BCUT2D eigenvalue weighted by Crippen LogP contribution is 2.30. The molecule has 1 aliphatic rings. The zero-order chi connectivity index (χ0) is 12.6. The van der Waals surface area contributed by atoms with Crippen LogP contribution >= 0.6 is 22.6 Å². The number of nitrogens with zero attached hydrogens (tertiary/aromatic N) is 1. The van der Waals surface area contributed by atoms with E-state index in [4.69, 9.17) is 4.74 Å². The molecule has 0 aliphatic carbocycles. The van der Waals surface area contributed by atoms with Crippen molar-refractivity contribution in [1.82, 2.24) is 9.55 Å². The van der Waals surface area contributed by atoms with Gasteiger partial charge in [0.25, 0.3) is 5.56 Å². The van der Waals surface area contributed by atoms with Gasteiger partial charge in [-0.2, -0.15) is 0 Å². The largest absolute Gasteiger partial charge is 0.390 e. The lowest BCUT2D eigenvalue weighted by molar-refractivity contribution is -0.0517. The maximum Gasteiger partial charge on any atom is 0.330 e. The molecule has 0 bridgehead atoms. The Kier molecular flexibility index (Phi) is 3.66. The molecular formula is C9H11IN2O5. The zero-order valence-electron chi connectivity index (χ0n) is 8.62. The molecule has 0 radical (unpaired) electrons. The molecule has 1 aliphatic heterocycles. The number of rotatable bonds is 2. The van der Waals surface area contributed by atoms with Gasteiger partial charge in [0.1, 0.15) is 16.4 Å². The number of nitrogens with one attached hydrogen (secondary N) is 1. The number of aromatic amines is 1. The zero-order valence-corrected chi connectivity index (χ0v) is 10.8. The van der Waals surface area contributed by atoms with E-state index >= 15 is 0 Å². The van der Waals surface area contributed by atoms with E-state index in [9.17, 15) is 19.8 Å². The van der Waals surface area contributed by atoms with Gasteiger partial charge in [-0.3, -0.25) is 14.3 Å². The lowest BCUT2D eigenvalue weighted by Crippen LogP contribution is -2.32. The van der Waals surface area contributed by atoms with Gasteiger partial charge in [-0.1, -0.05) is 0 Å². The second-order valence-corrected chi connectivity index (χ2v) is 5.02. The molecule has 0 amide bonds. The minimum absolute atomic E-state index is 0.191. The van der Waals surface area contributed by atoms with Gasteiger partial charge >= 0.3 is 5.69 Å². The van der Waals surface area contributed by atoms with E-state index in [2.05, 4.69) is 4.98 Å². The van der Waals surface area contributed by atoms with E-state index in [1.165, 1.54) is 16.8 Å². The summed E-state index contributed by atoms with van der Waals surface area (Å²) in [6.45, 7) is 0. The predicted molar refractivity (Wildman–Crippen MR) is 65.9 cm³/mol. The Labute approximate surface area is 109 Å². The molecule has 0 aromatic carbocycles. The van der Waals surface area contributed by atoms with Crippen LogP contribution in [0, 0.1) is 0 Å². The fourth-order valence-corrected chi connectivity index (χ4v) is 2.40. The van der Waals surface area contributed by atoms with Crippen molar-refractivity contribution >= 4 is 22.6 Å². The standard InChI is InChI=1S/C9H11IN2O5/c10-8(15)7-4(13)3-6(17-7)12-2-1-5(14)11-9(12)16/h1-2,4,6-8,13,15H,3H2,(H,11,14,16). The normalized spacial score (nSPS) is 30.4. The summed E-state index contributed by atoms with van der Waals surface area (Å²) in [6, 6.07) is 1.20. The number of H-pyrrole nitrogens is 1. The average molecular weight is 354 g/mol. The summed E-state index contributed by atoms with van der Waals surface area (Å²) in [5, 5.41) is 19.0. The number of alkyl halides is 1. The molecule has 94 valence electrons. The number of ether oxygens (including phenoxy) is 1. The van der Waals surface area contributed by atoms with Gasteiger partial charge < -0.3 is 14.9 Å². The van der Waals surface area contributed by atoms with E-state index in [0.717, 1.165) is 0 Å². The Morgan fingerprint density at radius 1 is 1.59 bits per heavy atom.